The fourth-order valence-corrected chi connectivity index (χ4v) is 3.17. The first-order valence-corrected chi connectivity index (χ1v) is 7.49. The Bertz CT molecular complexity index is 838. The summed E-state index contributed by atoms with van der Waals surface area (Å²) in [5.41, 5.74) is 1.40. The molecule has 5 heteroatoms. The Morgan fingerprint density at radius 1 is 1.09 bits per heavy atom. The molecule has 0 saturated heterocycles. The van der Waals surface area contributed by atoms with E-state index in [0.29, 0.717) is 18.7 Å². The van der Waals surface area contributed by atoms with Gasteiger partial charge >= 0.3 is 0 Å². The van der Waals surface area contributed by atoms with Crippen LogP contribution in [0.25, 0.3) is 0 Å². The summed E-state index contributed by atoms with van der Waals surface area (Å²) < 4.78 is 21.7. The number of fused-ring (bicyclic) bond motifs is 1. The number of amides is 1. The molecule has 1 atom stereocenters. The van der Waals surface area contributed by atoms with Crippen LogP contribution in [0.2, 0.25) is 0 Å². The zero-order chi connectivity index (χ0) is 15.8. The molecule has 1 aromatic carbocycles. The molecule has 0 radical (unpaired) electrons. The Hall–Kier alpha value is -2.82. The molecule has 0 spiro atoms. The molecule has 3 aromatic rings. The van der Waals surface area contributed by atoms with Gasteiger partial charge in [0.2, 0.25) is 0 Å². The standard InChI is InChI=1S/C18H15FN2O2/c19-14-6-2-1-5-13(14)17-15-7-3-9-20(15)10-11-21(17)18(22)16-8-4-12-23-16/h1-9,12,17H,10-11H2. The molecule has 116 valence electrons. The van der Waals surface area contributed by atoms with Crippen molar-refractivity contribution >= 4 is 5.91 Å². The van der Waals surface area contributed by atoms with Gasteiger partial charge in [-0.05, 0) is 30.3 Å². The minimum absolute atomic E-state index is 0.226. The van der Waals surface area contributed by atoms with Crippen molar-refractivity contribution in [2.45, 2.75) is 12.6 Å². The van der Waals surface area contributed by atoms with Crippen LogP contribution < -0.4 is 0 Å². The molecule has 0 aliphatic carbocycles. The highest BCUT2D eigenvalue weighted by Crippen LogP contribution is 2.34. The van der Waals surface area contributed by atoms with Gasteiger partial charge in [0.05, 0.1) is 6.26 Å². The van der Waals surface area contributed by atoms with Crippen LogP contribution >= 0.6 is 0 Å². The van der Waals surface area contributed by atoms with Gasteiger partial charge in [0.1, 0.15) is 11.9 Å². The molecular weight excluding hydrogens is 295 g/mol. The third-order valence-corrected chi connectivity index (χ3v) is 4.23. The van der Waals surface area contributed by atoms with Gasteiger partial charge in [0, 0.05) is 30.5 Å². The van der Waals surface area contributed by atoms with Crippen LogP contribution in [0.4, 0.5) is 4.39 Å². The maximum absolute atomic E-state index is 14.4. The smallest absolute Gasteiger partial charge is 0.290 e. The average Bonchev–Trinajstić information content (AvgIpc) is 3.25. The minimum atomic E-state index is -0.461. The van der Waals surface area contributed by atoms with E-state index in [4.69, 9.17) is 4.42 Å². The van der Waals surface area contributed by atoms with Crippen molar-refractivity contribution in [2.24, 2.45) is 0 Å². The number of benzene rings is 1. The lowest BCUT2D eigenvalue weighted by Gasteiger charge is -2.37. The Kier molecular flexibility index (Phi) is 3.26. The maximum atomic E-state index is 14.4. The third kappa shape index (κ3) is 2.25. The van der Waals surface area contributed by atoms with Gasteiger partial charge < -0.3 is 13.9 Å². The van der Waals surface area contributed by atoms with E-state index in [0.717, 1.165) is 5.69 Å². The fourth-order valence-electron chi connectivity index (χ4n) is 3.17. The number of hydrogen-bond acceptors (Lipinski definition) is 2. The number of hydrogen-bond donors (Lipinski definition) is 0. The zero-order valence-corrected chi connectivity index (χ0v) is 12.4. The number of furan rings is 1. The summed E-state index contributed by atoms with van der Waals surface area (Å²) in [7, 11) is 0. The summed E-state index contributed by atoms with van der Waals surface area (Å²) in [6, 6.07) is 13.3. The summed E-state index contributed by atoms with van der Waals surface area (Å²) in [5, 5.41) is 0. The lowest BCUT2D eigenvalue weighted by Crippen LogP contribution is -2.42. The molecule has 0 N–H and O–H groups in total. The highest BCUT2D eigenvalue weighted by molar-refractivity contribution is 5.92. The van der Waals surface area contributed by atoms with Crippen LogP contribution in [-0.4, -0.2) is 21.9 Å². The molecule has 1 amide bonds. The topological polar surface area (TPSA) is 38.4 Å². The van der Waals surface area contributed by atoms with Gasteiger partial charge in [0.25, 0.3) is 5.91 Å². The van der Waals surface area contributed by atoms with Gasteiger partial charge in [0.15, 0.2) is 5.76 Å². The predicted octanol–water partition coefficient (Wildman–Crippen LogP) is 3.47. The Balaban J connectivity index is 1.83. The van der Waals surface area contributed by atoms with Crippen molar-refractivity contribution in [3.05, 3.63) is 83.8 Å². The molecule has 1 aliphatic rings. The van der Waals surface area contributed by atoms with Gasteiger partial charge in [-0.2, -0.15) is 0 Å². The molecule has 4 nitrogen and oxygen atoms in total. The Labute approximate surface area is 132 Å². The van der Waals surface area contributed by atoms with Gasteiger partial charge in [-0.25, -0.2) is 4.39 Å². The highest BCUT2D eigenvalue weighted by Gasteiger charge is 2.34. The summed E-state index contributed by atoms with van der Waals surface area (Å²) in [5.74, 6) is -0.272. The first kappa shape index (κ1) is 13.8. The molecule has 23 heavy (non-hydrogen) atoms. The van der Waals surface area contributed by atoms with E-state index in [-0.39, 0.29) is 17.5 Å². The molecule has 0 fully saturated rings. The first-order chi connectivity index (χ1) is 11.3. The van der Waals surface area contributed by atoms with Crippen LogP contribution in [-0.2, 0) is 6.54 Å². The zero-order valence-electron chi connectivity index (χ0n) is 12.4. The van der Waals surface area contributed by atoms with Crippen LogP contribution in [0.3, 0.4) is 0 Å². The summed E-state index contributed by atoms with van der Waals surface area (Å²) in [6.45, 7) is 1.18. The van der Waals surface area contributed by atoms with Crippen molar-refractivity contribution in [2.75, 3.05) is 6.54 Å². The SMILES string of the molecule is O=C(c1ccco1)N1CCn2cccc2C1c1ccccc1F. The molecule has 0 saturated carbocycles. The monoisotopic (exact) mass is 310 g/mol. The second-order valence-electron chi connectivity index (χ2n) is 5.53. The van der Waals surface area contributed by atoms with Crippen molar-refractivity contribution in [1.82, 2.24) is 9.47 Å². The van der Waals surface area contributed by atoms with Crippen LogP contribution in [0.1, 0.15) is 27.9 Å². The number of carbonyl (C=O) groups is 1. The van der Waals surface area contributed by atoms with E-state index in [2.05, 4.69) is 4.57 Å². The van der Waals surface area contributed by atoms with E-state index in [1.54, 1.807) is 35.2 Å². The quantitative estimate of drug-likeness (QED) is 0.727. The maximum Gasteiger partial charge on any atom is 0.290 e. The molecule has 1 aliphatic heterocycles. The van der Waals surface area contributed by atoms with Crippen molar-refractivity contribution in [3.63, 3.8) is 0 Å². The largest absolute Gasteiger partial charge is 0.459 e. The fraction of sp³-hybridized carbons (Fsp3) is 0.167. The van der Waals surface area contributed by atoms with Gasteiger partial charge in [-0.1, -0.05) is 18.2 Å². The van der Waals surface area contributed by atoms with E-state index in [1.165, 1.54) is 12.3 Å². The predicted molar refractivity (Wildman–Crippen MR) is 82.4 cm³/mol. The first-order valence-electron chi connectivity index (χ1n) is 7.49. The average molecular weight is 310 g/mol. The van der Waals surface area contributed by atoms with Crippen molar-refractivity contribution in [1.29, 1.82) is 0 Å². The lowest BCUT2D eigenvalue weighted by molar-refractivity contribution is 0.0628. The molecule has 2 aromatic heterocycles. The molecular formula is C18H15FN2O2. The van der Waals surface area contributed by atoms with E-state index in [1.807, 2.05) is 18.3 Å². The highest BCUT2D eigenvalue weighted by atomic mass is 19.1. The number of halogens is 1. The van der Waals surface area contributed by atoms with Crippen LogP contribution in [0, 0.1) is 5.82 Å². The second kappa shape index (κ2) is 5.43. The normalized spacial score (nSPS) is 17.1. The summed E-state index contributed by atoms with van der Waals surface area (Å²) >= 11 is 0. The Morgan fingerprint density at radius 2 is 1.96 bits per heavy atom. The lowest BCUT2D eigenvalue weighted by atomic mass is 9.99. The second-order valence-corrected chi connectivity index (χ2v) is 5.53. The Morgan fingerprint density at radius 3 is 2.74 bits per heavy atom. The van der Waals surface area contributed by atoms with Crippen LogP contribution in [0.5, 0.6) is 0 Å². The summed E-state index contributed by atoms with van der Waals surface area (Å²) in [6.07, 6.45) is 3.43. The third-order valence-electron chi connectivity index (χ3n) is 4.23. The number of aromatic nitrogens is 1. The van der Waals surface area contributed by atoms with Crippen LogP contribution in [0.15, 0.2) is 65.4 Å². The molecule has 4 rings (SSSR count). The number of rotatable bonds is 2. The number of carbonyl (C=O) groups excluding carboxylic acids is 1. The number of nitrogens with zero attached hydrogens (tertiary/aromatic N) is 2. The molecule has 1 unspecified atom stereocenters. The summed E-state index contributed by atoms with van der Waals surface area (Å²) in [4.78, 5) is 14.5. The van der Waals surface area contributed by atoms with Gasteiger partial charge in [-0.15, -0.1) is 0 Å². The van der Waals surface area contributed by atoms with Gasteiger partial charge in [-0.3, -0.25) is 4.79 Å². The van der Waals surface area contributed by atoms with E-state index in [9.17, 15) is 9.18 Å². The minimum Gasteiger partial charge on any atom is -0.459 e. The van der Waals surface area contributed by atoms with E-state index < -0.39 is 6.04 Å². The van der Waals surface area contributed by atoms with E-state index >= 15 is 0 Å². The van der Waals surface area contributed by atoms with Crippen molar-refractivity contribution in [3.8, 4) is 0 Å². The molecule has 0 bridgehead atoms. The molecule has 3 heterocycles. The van der Waals surface area contributed by atoms with Crippen molar-refractivity contribution < 1.29 is 13.6 Å².